The lowest BCUT2D eigenvalue weighted by Crippen LogP contribution is -2.41. The SMILES string of the molecule is O=C(COc1ccccc1)N1CCCC(c2ccnc(Nc3ncccn3)n2)C1. The fraction of sp³-hybridized carbons (Fsp3) is 0.286. The van der Waals surface area contributed by atoms with Crippen LogP contribution < -0.4 is 10.1 Å². The van der Waals surface area contributed by atoms with E-state index in [0.29, 0.717) is 24.2 Å². The molecule has 3 aromatic rings. The minimum atomic E-state index is -0.0105. The summed E-state index contributed by atoms with van der Waals surface area (Å²) in [5.41, 5.74) is 0.903. The Morgan fingerprint density at radius 3 is 2.66 bits per heavy atom. The molecule has 0 radical (unpaired) electrons. The third kappa shape index (κ3) is 5.04. The van der Waals surface area contributed by atoms with Crippen molar-refractivity contribution < 1.29 is 9.53 Å². The van der Waals surface area contributed by atoms with Crippen LogP contribution in [-0.4, -0.2) is 50.4 Å². The van der Waals surface area contributed by atoms with Crippen molar-refractivity contribution in [1.82, 2.24) is 24.8 Å². The Balaban J connectivity index is 1.38. The molecule has 1 N–H and O–H groups in total. The summed E-state index contributed by atoms with van der Waals surface area (Å²) in [7, 11) is 0. The number of likely N-dealkylation sites (tertiary alicyclic amines) is 1. The van der Waals surface area contributed by atoms with E-state index in [1.54, 1.807) is 24.7 Å². The number of nitrogens with zero attached hydrogens (tertiary/aromatic N) is 5. The standard InChI is InChI=1S/C21H22N6O2/c28-19(15-29-17-7-2-1-3-8-17)27-13-4-6-16(14-27)18-9-12-24-21(25-18)26-20-22-10-5-11-23-20/h1-3,5,7-12,16H,4,6,13-15H2,(H,22,23,24,25,26). The predicted octanol–water partition coefficient (Wildman–Crippen LogP) is 2.80. The molecular weight excluding hydrogens is 368 g/mol. The van der Waals surface area contributed by atoms with Crippen LogP contribution >= 0.6 is 0 Å². The number of ether oxygens (including phenoxy) is 1. The van der Waals surface area contributed by atoms with E-state index < -0.39 is 0 Å². The van der Waals surface area contributed by atoms with Crippen LogP contribution in [0.3, 0.4) is 0 Å². The van der Waals surface area contributed by atoms with Gasteiger partial charge in [-0.2, -0.15) is 0 Å². The molecule has 1 unspecified atom stereocenters. The Morgan fingerprint density at radius 1 is 1.03 bits per heavy atom. The Bertz CT molecular complexity index is 938. The lowest BCUT2D eigenvalue weighted by molar-refractivity contribution is -0.134. The normalized spacial score (nSPS) is 16.3. The first-order valence-electron chi connectivity index (χ1n) is 9.60. The van der Waals surface area contributed by atoms with Crippen LogP contribution in [0.1, 0.15) is 24.5 Å². The largest absolute Gasteiger partial charge is 0.484 e. The third-order valence-electron chi connectivity index (χ3n) is 4.76. The minimum Gasteiger partial charge on any atom is -0.484 e. The van der Waals surface area contributed by atoms with Crippen LogP contribution in [0, 0.1) is 0 Å². The number of aromatic nitrogens is 4. The van der Waals surface area contributed by atoms with Crippen molar-refractivity contribution >= 4 is 17.8 Å². The minimum absolute atomic E-state index is 0.0105. The quantitative estimate of drug-likeness (QED) is 0.692. The Kier molecular flexibility index (Phi) is 5.89. The molecule has 3 heterocycles. The summed E-state index contributed by atoms with van der Waals surface area (Å²) < 4.78 is 5.61. The van der Waals surface area contributed by atoms with Gasteiger partial charge < -0.3 is 9.64 Å². The molecule has 1 fully saturated rings. The van der Waals surface area contributed by atoms with E-state index in [0.717, 1.165) is 25.1 Å². The van der Waals surface area contributed by atoms with Crippen molar-refractivity contribution in [2.45, 2.75) is 18.8 Å². The van der Waals surface area contributed by atoms with Gasteiger partial charge in [0.2, 0.25) is 11.9 Å². The summed E-state index contributed by atoms with van der Waals surface area (Å²) in [5.74, 6) is 1.74. The molecule has 0 aliphatic carbocycles. The third-order valence-corrected chi connectivity index (χ3v) is 4.76. The fourth-order valence-corrected chi connectivity index (χ4v) is 3.32. The predicted molar refractivity (Wildman–Crippen MR) is 108 cm³/mol. The summed E-state index contributed by atoms with van der Waals surface area (Å²) in [4.78, 5) is 31.6. The van der Waals surface area contributed by atoms with E-state index in [1.165, 1.54) is 0 Å². The van der Waals surface area contributed by atoms with Gasteiger partial charge >= 0.3 is 0 Å². The van der Waals surface area contributed by atoms with Gasteiger partial charge in [0.15, 0.2) is 6.61 Å². The molecule has 29 heavy (non-hydrogen) atoms. The molecule has 1 aliphatic heterocycles. The number of piperidine rings is 1. The number of benzene rings is 1. The van der Waals surface area contributed by atoms with E-state index in [-0.39, 0.29) is 18.4 Å². The maximum Gasteiger partial charge on any atom is 0.260 e. The summed E-state index contributed by atoms with van der Waals surface area (Å²) in [6.07, 6.45) is 6.92. The smallest absolute Gasteiger partial charge is 0.260 e. The van der Waals surface area contributed by atoms with Crippen LogP contribution in [0.5, 0.6) is 5.75 Å². The van der Waals surface area contributed by atoms with Gasteiger partial charge in [-0.05, 0) is 37.1 Å². The summed E-state index contributed by atoms with van der Waals surface area (Å²) in [5, 5.41) is 3.01. The Morgan fingerprint density at radius 2 is 1.83 bits per heavy atom. The molecule has 0 saturated carbocycles. The second kappa shape index (κ2) is 9.09. The highest BCUT2D eigenvalue weighted by molar-refractivity contribution is 5.78. The number of anilines is 2. The zero-order valence-corrected chi connectivity index (χ0v) is 15.9. The molecule has 1 saturated heterocycles. The average molecular weight is 390 g/mol. The van der Waals surface area contributed by atoms with Crippen molar-refractivity contribution in [2.75, 3.05) is 25.0 Å². The molecule has 2 aromatic heterocycles. The van der Waals surface area contributed by atoms with E-state index in [1.807, 2.05) is 41.3 Å². The molecule has 0 bridgehead atoms. The Hall–Kier alpha value is -3.55. The number of rotatable bonds is 6. The number of carbonyl (C=O) groups excluding carboxylic acids is 1. The molecule has 1 amide bonds. The monoisotopic (exact) mass is 390 g/mol. The maximum atomic E-state index is 12.6. The topological polar surface area (TPSA) is 93.1 Å². The van der Waals surface area contributed by atoms with Crippen LogP contribution in [0.2, 0.25) is 0 Å². The molecule has 1 aromatic carbocycles. The fourth-order valence-electron chi connectivity index (χ4n) is 3.32. The zero-order valence-electron chi connectivity index (χ0n) is 15.9. The molecule has 1 atom stereocenters. The Labute approximate surface area is 169 Å². The highest BCUT2D eigenvalue weighted by Crippen LogP contribution is 2.26. The number of carbonyl (C=O) groups is 1. The van der Waals surface area contributed by atoms with Crippen LogP contribution in [0.15, 0.2) is 61.1 Å². The molecule has 8 heteroatoms. The number of hydrogen-bond donors (Lipinski definition) is 1. The van der Waals surface area contributed by atoms with Gasteiger partial charge in [0.05, 0.1) is 5.69 Å². The molecule has 0 spiro atoms. The maximum absolute atomic E-state index is 12.6. The van der Waals surface area contributed by atoms with E-state index in [9.17, 15) is 4.79 Å². The average Bonchev–Trinajstić information content (AvgIpc) is 2.79. The van der Waals surface area contributed by atoms with Crippen LogP contribution in [0.4, 0.5) is 11.9 Å². The first-order chi connectivity index (χ1) is 14.3. The highest BCUT2D eigenvalue weighted by atomic mass is 16.5. The van der Waals surface area contributed by atoms with Crippen molar-refractivity contribution in [3.8, 4) is 5.75 Å². The van der Waals surface area contributed by atoms with Gasteiger partial charge in [-0.1, -0.05) is 18.2 Å². The molecule has 8 nitrogen and oxygen atoms in total. The van der Waals surface area contributed by atoms with Gasteiger partial charge in [-0.25, -0.2) is 19.9 Å². The van der Waals surface area contributed by atoms with Gasteiger partial charge in [0, 0.05) is 37.6 Å². The first kappa shape index (κ1) is 18.8. The lowest BCUT2D eigenvalue weighted by atomic mass is 9.94. The second-order valence-electron chi connectivity index (χ2n) is 6.78. The summed E-state index contributed by atoms with van der Waals surface area (Å²) in [6.45, 7) is 1.40. The summed E-state index contributed by atoms with van der Waals surface area (Å²) in [6, 6.07) is 13.0. The molecule has 148 valence electrons. The van der Waals surface area contributed by atoms with E-state index in [2.05, 4.69) is 25.3 Å². The lowest BCUT2D eigenvalue weighted by Gasteiger charge is -2.32. The molecule has 4 rings (SSSR count). The number of hydrogen-bond acceptors (Lipinski definition) is 7. The van der Waals surface area contributed by atoms with Crippen LogP contribution in [0.25, 0.3) is 0 Å². The number of amides is 1. The summed E-state index contributed by atoms with van der Waals surface area (Å²) >= 11 is 0. The van der Waals surface area contributed by atoms with Gasteiger partial charge in [-0.15, -0.1) is 0 Å². The van der Waals surface area contributed by atoms with Crippen molar-refractivity contribution in [3.63, 3.8) is 0 Å². The second-order valence-corrected chi connectivity index (χ2v) is 6.78. The van der Waals surface area contributed by atoms with Gasteiger partial charge in [0.25, 0.3) is 5.91 Å². The van der Waals surface area contributed by atoms with Crippen molar-refractivity contribution in [3.05, 3.63) is 66.7 Å². The number of nitrogens with one attached hydrogen (secondary N) is 1. The van der Waals surface area contributed by atoms with Crippen molar-refractivity contribution in [2.24, 2.45) is 0 Å². The molecule has 1 aliphatic rings. The van der Waals surface area contributed by atoms with Crippen LogP contribution in [-0.2, 0) is 4.79 Å². The zero-order chi connectivity index (χ0) is 19.9. The van der Waals surface area contributed by atoms with Gasteiger partial charge in [0.1, 0.15) is 5.75 Å². The highest BCUT2D eigenvalue weighted by Gasteiger charge is 2.26. The number of para-hydroxylation sites is 1. The van der Waals surface area contributed by atoms with Gasteiger partial charge in [-0.3, -0.25) is 10.1 Å². The van der Waals surface area contributed by atoms with E-state index in [4.69, 9.17) is 4.74 Å². The van der Waals surface area contributed by atoms with E-state index >= 15 is 0 Å². The molecular formula is C21H22N6O2. The first-order valence-corrected chi connectivity index (χ1v) is 9.60. The van der Waals surface area contributed by atoms with Crippen molar-refractivity contribution in [1.29, 1.82) is 0 Å².